The van der Waals surface area contributed by atoms with E-state index in [1.807, 2.05) is 13.8 Å². The lowest BCUT2D eigenvalue weighted by atomic mass is 9.99. The predicted molar refractivity (Wildman–Crippen MR) is 56.1 cm³/mol. The van der Waals surface area contributed by atoms with E-state index in [0.29, 0.717) is 0 Å². The van der Waals surface area contributed by atoms with Crippen LogP contribution in [0.2, 0.25) is 0 Å². The van der Waals surface area contributed by atoms with Crippen molar-refractivity contribution in [2.24, 2.45) is 5.92 Å². The standard InChI is InChI=1S/C11H18N2O2/c1-7(2)9-10(15)13(6-8(14)12-9)11(3)4-5-11/h7,9H,4-6H2,1-3H3,(H,12,14). The molecule has 4 nitrogen and oxygen atoms in total. The molecule has 1 unspecified atom stereocenters. The van der Waals surface area contributed by atoms with Gasteiger partial charge in [0.05, 0.1) is 0 Å². The van der Waals surface area contributed by atoms with Gasteiger partial charge in [0.25, 0.3) is 0 Å². The van der Waals surface area contributed by atoms with E-state index in [1.54, 1.807) is 4.90 Å². The van der Waals surface area contributed by atoms with Crippen LogP contribution in [0.5, 0.6) is 0 Å². The lowest BCUT2D eigenvalue weighted by molar-refractivity contribution is -0.148. The smallest absolute Gasteiger partial charge is 0.246 e. The molecule has 2 fully saturated rings. The van der Waals surface area contributed by atoms with Crippen LogP contribution in [0.4, 0.5) is 0 Å². The first kappa shape index (κ1) is 10.5. The molecule has 1 saturated heterocycles. The molecule has 0 spiro atoms. The van der Waals surface area contributed by atoms with Gasteiger partial charge in [-0.05, 0) is 25.7 Å². The molecule has 2 amide bonds. The quantitative estimate of drug-likeness (QED) is 0.722. The van der Waals surface area contributed by atoms with Gasteiger partial charge >= 0.3 is 0 Å². The summed E-state index contributed by atoms with van der Waals surface area (Å²) in [6.07, 6.45) is 2.05. The third-order valence-electron chi connectivity index (χ3n) is 3.44. The van der Waals surface area contributed by atoms with Crippen molar-refractivity contribution in [2.45, 2.75) is 45.2 Å². The van der Waals surface area contributed by atoms with Crippen LogP contribution in [0.3, 0.4) is 0 Å². The van der Waals surface area contributed by atoms with Crippen molar-refractivity contribution in [3.8, 4) is 0 Å². The van der Waals surface area contributed by atoms with Crippen molar-refractivity contribution in [1.82, 2.24) is 10.2 Å². The number of hydrogen-bond acceptors (Lipinski definition) is 2. The van der Waals surface area contributed by atoms with E-state index < -0.39 is 0 Å². The van der Waals surface area contributed by atoms with E-state index in [0.717, 1.165) is 12.8 Å². The fourth-order valence-corrected chi connectivity index (χ4v) is 2.03. The number of hydrogen-bond donors (Lipinski definition) is 1. The van der Waals surface area contributed by atoms with Gasteiger partial charge in [-0.15, -0.1) is 0 Å². The molecule has 0 aromatic rings. The normalized spacial score (nSPS) is 29.3. The number of nitrogens with zero attached hydrogens (tertiary/aromatic N) is 1. The maximum absolute atomic E-state index is 12.1. The molecule has 0 bridgehead atoms. The van der Waals surface area contributed by atoms with Gasteiger partial charge < -0.3 is 10.2 Å². The highest BCUT2D eigenvalue weighted by atomic mass is 16.2. The lowest BCUT2D eigenvalue weighted by Gasteiger charge is -2.38. The molecular formula is C11H18N2O2. The molecule has 0 aromatic heterocycles. The van der Waals surface area contributed by atoms with E-state index in [4.69, 9.17) is 0 Å². The first-order chi connectivity index (χ1) is 6.94. The van der Waals surface area contributed by atoms with Crippen LogP contribution >= 0.6 is 0 Å². The van der Waals surface area contributed by atoms with Gasteiger partial charge in [0.2, 0.25) is 11.8 Å². The monoisotopic (exact) mass is 210 g/mol. The number of piperazine rings is 1. The van der Waals surface area contributed by atoms with E-state index in [9.17, 15) is 9.59 Å². The number of amides is 2. The van der Waals surface area contributed by atoms with Crippen LogP contribution < -0.4 is 5.32 Å². The van der Waals surface area contributed by atoms with Gasteiger partial charge in [0.1, 0.15) is 12.6 Å². The molecular weight excluding hydrogens is 192 g/mol. The highest BCUT2D eigenvalue weighted by Crippen LogP contribution is 2.42. The number of carbonyl (C=O) groups is 2. The Kier molecular flexibility index (Phi) is 2.24. The van der Waals surface area contributed by atoms with Crippen LogP contribution in [0.1, 0.15) is 33.6 Å². The third-order valence-corrected chi connectivity index (χ3v) is 3.44. The average molecular weight is 210 g/mol. The summed E-state index contributed by atoms with van der Waals surface area (Å²) in [6.45, 7) is 6.21. The summed E-state index contributed by atoms with van der Waals surface area (Å²) in [5, 5.41) is 2.77. The second-order valence-electron chi connectivity index (χ2n) is 5.21. The molecule has 1 heterocycles. The van der Waals surface area contributed by atoms with Gasteiger partial charge in [-0.25, -0.2) is 0 Å². The highest BCUT2D eigenvalue weighted by molar-refractivity contribution is 5.95. The van der Waals surface area contributed by atoms with Crippen molar-refractivity contribution < 1.29 is 9.59 Å². The molecule has 1 atom stereocenters. The van der Waals surface area contributed by atoms with E-state index >= 15 is 0 Å². The van der Waals surface area contributed by atoms with Crippen molar-refractivity contribution in [1.29, 1.82) is 0 Å². The van der Waals surface area contributed by atoms with Crippen molar-refractivity contribution >= 4 is 11.8 Å². The summed E-state index contributed by atoms with van der Waals surface area (Å²) in [7, 11) is 0. The minimum atomic E-state index is -0.330. The number of rotatable bonds is 2. The van der Waals surface area contributed by atoms with Crippen molar-refractivity contribution in [3.05, 3.63) is 0 Å². The molecule has 2 aliphatic rings. The SMILES string of the molecule is CC(C)C1NC(=O)CN(C2(C)CC2)C1=O. The molecule has 2 rings (SSSR count). The van der Waals surface area contributed by atoms with E-state index in [1.165, 1.54) is 0 Å². The Morgan fingerprint density at radius 2 is 2.00 bits per heavy atom. The first-order valence-electron chi connectivity index (χ1n) is 5.55. The number of carbonyl (C=O) groups excluding carboxylic acids is 2. The summed E-state index contributed by atoms with van der Waals surface area (Å²) >= 11 is 0. The summed E-state index contributed by atoms with van der Waals surface area (Å²) in [5.74, 6) is 0.220. The van der Waals surface area contributed by atoms with Crippen LogP contribution in [0, 0.1) is 5.92 Å². The van der Waals surface area contributed by atoms with Crippen molar-refractivity contribution in [2.75, 3.05) is 6.54 Å². The zero-order valence-corrected chi connectivity index (χ0v) is 9.54. The van der Waals surface area contributed by atoms with Crippen LogP contribution in [-0.4, -0.2) is 34.8 Å². The number of nitrogens with one attached hydrogen (secondary N) is 1. The van der Waals surface area contributed by atoms with Crippen molar-refractivity contribution in [3.63, 3.8) is 0 Å². The Morgan fingerprint density at radius 1 is 1.40 bits per heavy atom. The maximum Gasteiger partial charge on any atom is 0.246 e. The molecule has 1 aliphatic carbocycles. The minimum Gasteiger partial charge on any atom is -0.343 e. The van der Waals surface area contributed by atoms with E-state index in [-0.39, 0.29) is 35.9 Å². The Balaban J connectivity index is 2.18. The second-order valence-corrected chi connectivity index (χ2v) is 5.21. The molecule has 1 N–H and O–H groups in total. The molecule has 4 heteroatoms. The maximum atomic E-state index is 12.1. The fourth-order valence-electron chi connectivity index (χ4n) is 2.03. The summed E-state index contributed by atoms with van der Waals surface area (Å²) in [6, 6.07) is -0.330. The minimum absolute atomic E-state index is 0.0265. The fraction of sp³-hybridized carbons (Fsp3) is 0.818. The second kappa shape index (κ2) is 3.22. The lowest BCUT2D eigenvalue weighted by Crippen LogP contribution is -2.62. The van der Waals surface area contributed by atoms with Gasteiger partial charge in [0.15, 0.2) is 0 Å². The highest BCUT2D eigenvalue weighted by Gasteiger charge is 2.50. The Morgan fingerprint density at radius 3 is 2.47 bits per heavy atom. The summed E-state index contributed by atoms with van der Waals surface area (Å²) in [4.78, 5) is 25.4. The summed E-state index contributed by atoms with van der Waals surface area (Å²) in [5.41, 5.74) is -0.0397. The molecule has 0 aromatic carbocycles. The van der Waals surface area contributed by atoms with Gasteiger partial charge in [-0.3, -0.25) is 9.59 Å². The zero-order chi connectivity index (χ0) is 11.2. The Bertz CT molecular complexity index is 308. The first-order valence-corrected chi connectivity index (χ1v) is 5.55. The third kappa shape index (κ3) is 1.73. The average Bonchev–Trinajstić information content (AvgIpc) is 2.88. The molecule has 1 saturated carbocycles. The van der Waals surface area contributed by atoms with Crippen LogP contribution in [0.15, 0.2) is 0 Å². The van der Waals surface area contributed by atoms with E-state index in [2.05, 4.69) is 12.2 Å². The van der Waals surface area contributed by atoms with Crippen LogP contribution in [0.25, 0.3) is 0 Å². The van der Waals surface area contributed by atoms with Gasteiger partial charge in [-0.1, -0.05) is 13.8 Å². The van der Waals surface area contributed by atoms with Gasteiger partial charge in [-0.2, -0.15) is 0 Å². The predicted octanol–water partition coefficient (Wildman–Crippen LogP) is 0.522. The topological polar surface area (TPSA) is 49.4 Å². The molecule has 1 aliphatic heterocycles. The van der Waals surface area contributed by atoms with Gasteiger partial charge in [0, 0.05) is 5.54 Å². The van der Waals surface area contributed by atoms with Crippen LogP contribution in [-0.2, 0) is 9.59 Å². The molecule has 84 valence electrons. The molecule has 0 radical (unpaired) electrons. The molecule has 15 heavy (non-hydrogen) atoms. The Hall–Kier alpha value is -1.06. The summed E-state index contributed by atoms with van der Waals surface area (Å²) < 4.78 is 0. The Labute approximate surface area is 90.0 Å². The largest absolute Gasteiger partial charge is 0.343 e. The zero-order valence-electron chi connectivity index (χ0n) is 9.54.